The molecule has 0 aliphatic carbocycles. The summed E-state index contributed by atoms with van der Waals surface area (Å²) in [6, 6.07) is 7.53. The molecular weight excluding hydrogens is 369 g/mol. The maximum atomic E-state index is 13.7. The van der Waals surface area contributed by atoms with Gasteiger partial charge in [-0.05, 0) is 43.2 Å². The predicted molar refractivity (Wildman–Crippen MR) is 103 cm³/mol. The summed E-state index contributed by atoms with van der Waals surface area (Å²) in [5, 5.41) is 0.242. The van der Waals surface area contributed by atoms with Crippen molar-refractivity contribution < 1.29 is 9.13 Å². The van der Waals surface area contributed by atoms with Gasteiger partial charge in [0.2, 0.25) is 5.56 Å². The van der Waals surface area contributed by atoms with Crippen LogP contribution in [0.5, 0.6) is 0 Å². The first-order valence-electron chi connectivity index (χ1n) is 8.45. The van der Waals surface area contributed by atoms with Crippen LogP contribution in [0.2, 0.25) is 5.15 Å². The zero-order chi connectivity index (χ0) is 19.6. The Morgan fingerprint density at radius 3 is 2.67 bits per heavy atom. The fourth-order valence-corrected chi connectivity index (χ4v) is 2.84. The molecule has 2 aromatic heterocycles. The number of halogens is 2. The Morgan fingerprint density at radius 2 is 2.00 bits per heavy atom. The minimum Gasteiger partial charge on any atom is -0.374 e. The highest BCUT2D eigenvalue weighted by atomic mass is 35.5. The second-order valence-electron chi connectivity index (χ2n) is 6.43. The summed E-state index contributed by atoms with van der Waals surface area (Å²) >= 11 is 6.41. The number of aryl methyl sites for hydroxylation is 1. The molecule has 0 radical (unpaired) electrons. The van der Waals surface area contributed by atoms with E-state index in [4.69, 9.17) is 16.3 Å². The quantitative estimate of drug-likeness (QED) is 0.615. The average Bonchev–Trinajstić information content (AvgIpc) is 2.62. The van der Waals surface area contributed by atoms with Crippen LogP contribution in [0.15, 0.2) is 47.5 Å². The van der Waals surface area contributed by atoms with Crippen LogP contribution in [0, 0.1) is 5.82 Å². The van der Waals surface area contributed by atoms with E-state index < -0.39 is 0 Å². The van der Waals surface area contributed by atoms with Gasteiger partial charge in [0.1, 0.15) is 11.0 Å². The molecule has 0 amide bonds. The van der Waals surface area contributed by atoms with E-state index in [2.05, 4.69) is 9.97 Å². The van der Waals surface area contributed by atoms with Crippen molar-refractivity contribution in [1.29, 1.82) is 0 Å². The molecule has 27 heavy (non-hydrogen) atoms. The van der Waals surface area contributed by atoms with Gasteiger partial charge in [-0.2, -0.15) is 0 Å². The molecule has 1 aromatic carbocycles. The highest BCUT2D eigenvalue weighted by molar-refractivity contribution is 6.32. The second kappa shape index (κ2) is 7.98. The number of ether oxygens (including phenoxy) is 1. The van der Waals surface area contributed by atoms with E-state index in [1.165, 1.54) is 22.8 Å². The van der Waals surface area contributed by atoms with Crippen LogP contribution >= 0.6 is 11.6 Å². The van der Waals surface area contributed by atoms with Gasteiger partial charge in [-0.25, -0.2) is 14.4 Å². The first-order chi connectivity index (χ1) is 12.8. The minimum absolute atomic E-state index is 0.0138. The fraction of sp³-hybridized carbons (Fsp3) is 0.250. The van der Waals surface area contributed by atoms with Crippen LogP contribution in [0.1, 0.15) is 19.4 Å². The SMILES string of the molecule is CC(C)OCc1cc(F)ccc1-c1cnc(-c2ccc(=O)n(C)c2)nc1Cl. The van der Waals surface area contributed by atoms with Crippen molar-refractivity contribution in [1.82, 2.24) is 14.5 Å². The van der Waals surface area contributed by atoms with Gasteiger partial charge in [-0.1, -0.05) is 17.7 Å². The molecule has 0 unspecified atom stereocenters. The smallest absolute Gasteiger partial charge is 0.250 e. The van der Waals surface area contributed by atoms with Crippen molar-refractivity contribution in [2.24, 2.45) is 7.05 Å². The Hall–Kier alpha value is -2.57. The molecule has 0 bridgehead atoms. The molecule has 0 fully saturated rings. The molecule has 0 atom stereocenters. The topological polar surface area (TPSA) is 57.0 Å². The largest absolute Gasteiger partial charge is 0.374 e. The second-order valence-corrected chi connectivity index (χ2v) is 6.78. The van der Waals surface area contributed by atoms with Crippen molar-refractivity contribution in [3.8, 4) is 22.5 Å². The van der Waals surface area contributed by atoms with Crippen molar-refractivity contribution in [3.05, 3.63) is 69.6 Å². The number of pyridine rings is 1. The van der Waals surface area contributed by atoms with Crippen LogP contribution in [-0.2, 0) is 18.4 Å². The van der Waals surface area contributed by atoms with Crippen LogP contribution in [0.3, 0.4) is 0 Å². The fourth-order valence-electron chi connectivity index (χ4n) is 2.61. The van der Waals surface area contributed by atoms with E-state index >= 15 is 0 Å². The zero-order valence-electron chi connectivity index (χ0n) is 15.2. The summed E-state index contributed by atoms with van der Waals surface area (Å²) in [6.45, 7) is 4.08. The molecule has 7 heteroatoms. The third kappa shape index (κ3) is 4.40. The van der Waals surface area contributed by atoms with Gasteiger partial charge in [0, 0.05) is 36.6 Å². The number of aromatic nitrogens is 3. The summed E-state index contributed by atoms with van der Waals surface area (Å²) in [6.07, 6.45) is 3.26. The molecule has 0 N–H and O–H groups in total. The molecule has 3 rings (SSSR count). The minimum atomic E-state index is -0.347. The first kappa shape index (κ1) is 19.2. The summed E-state index contributed by atoms with van der Waals surface area (Å²) < 4.78 is 20.8. The molecule has 0 aliphatic rings. The third-order valence-electron chi connectivity index (χ3n) is 4.02. The molecule has 5 nitrogen and oxygen atoms in total. The summed E-state index contributed by atoms with van der Waals surface area (Å²) in [5.74, 6) is 0.0569. The lowest BCUT2D eigenvalue weighted by molar-refractivity contribution is 0.0658. The van der Waals surface area contributed by atoms with Gasteiger partial charge in [-0.3, -0.25) is 4.79 Å². The van der Waals surface area contributed by atoms with Crippen molar-refractivity contribution >= 4 is 11.6 Å². The number of benzene rings is 1. The first-order valence-corrected chi connectivity index (χ1v) is 8.83. The molecule has 0 saturated heterocycles. The van der Waals surface area contributed by atoms with Gasteiger partial charge >= 0.3 is 0 Å². The lowest BCUT2D eigenvalue weighted by Crippen LogP contribution is -2.14. The molecule has 2 heterocycles. The summed E-state index contributed by atoms with van der Waals surface area (Å²) in [7, 11) is 1.65. The highest BCUT2D eigenvalue weighted by Crippen LogP contribution is 2.31. The van der Waals surface area contributed by atoms with Gasteiger partial charge < -0.3 is 9.30 Å². The summed E-state index contributed by atoms with van der Waals surface area (Å²) in [5.41, 5.74) is 2.53. The lowest BCUT2D eigenvalue weighted by Gasteiger charge is -2.13. The predicted octanol–water partition coefficient (Wildman–Crippen LogP) is 4.23. The highest BCUT2D eigenvalue weighted by Gasteiger charge is 2.14. The van der Waals surface area contributed by atoms with Crippen LogP contribution in [-0.4, -0.2) is 20.6 Å². The lowest BCUT2D eigenvalue weighted by atomic mass is 10.0. The molecular formula is C20H19ClFN3O2. The molecule has 0 spiro atoms. The molecule has 0 aliphatic heterocycles. The Bertz CT molecular complexity index is 1030. The maximum absolute atomic E-state index is 13.7. The zero-order valence-corrected chi connectivity index (χ0v) is 16.0. The Kier molecular flexibility index (Phi) is 5.68. The average molecular weight is 388 g/mol. The number of hydrogen-bond donors (Lipinski definition) is 0. The van der Waals surface area contributed by atoms with E-state index in [1.807, 2.05) is 13.8 Å². The van der Waals surface area contributed by atoms with E-state index in [-0.39, 0.29) is 29.2 Å². The van der Waals surface area contributed by atoms with Crippen molar-refractivity contribution in [3.63, 3.8) is 0 Å². The van der Waals surface area contributed by atoms with E-state index in [9.17, 15) is 9.18 Å². The van der Waals surface area contributed by atoms with E-state index in [1.54, 1.807) is 31.6 Å². The van der Waals surface area contributed by atoms with Gasteiger partial charge in [-0.15, -0.1) is 0 Å². The van der Waals surface area contributed by atoms with Crippen molar-refractivity contribution in [2.45, 2.75) is 26.6 Å². The molecule has 0 saturated carbocycles. The Balaban J connectivity index is 2.01. The van der Waals surface area contributed by atoms with E-state index in [0.717, 1.165) is 0 Å². The normalized spacial score (nSPS) is 11.2. The monoisotopic (exact) mass is 387 g/mol. The number of rotatable bonds is 5. The number of hydrogen-bond acceptors (Lipinski definition) is 4. The Labute approximate surface area is 161 Å². The van der Waals surface area contributed by atoms with E-state index in [0.29, 0.717) is 28.1 Å². The molecule has 140 valence electrons. The standard InChI is InChI=1S/C20H19ClFN3O2/c1-12(2)27-11-14-8-15(22)5-6-16(14)17-9-23-20(24-19(17)21)13-4-7-18(26)25(3)10-13/h4-10,12H,11H2,1-3H3. The third-order valence-corrected chi connectivity index (χ3v) is 4.30. The van der Waals surface area contributed by atoms with Crippen LogP contribution in [0.25, 0.3) is 22.5 Å². The van der Waals surface area contributed by atoms with Crippen LogP contribution < -0.4 is 5.56 Å². The maximum Gasteiger partial charge on any atom is 0.250 e. The van der Waals surface area contributed by atoms with Crippen LogP contribution in [0.4, 0.5) is 4.39 Å². The Morgan fingerprint density at radius 1 is 1.22 bits per heavy atom. The molecule has 3 aromatic rings. The van der Waals surface area contributed by atoms with Gasteiger partial charge in [0.15, 0.2) is 5.82 Å². The van der Waals surface area contributed by atoms with Gasteiger partial charge in [0.05, 0.1) is 12.7 Å². The number of nitrogens with zero attached hydrogens (tertiary/aromatic N) is 3. The summed E-state index contributed by atoms with van der Waals surface area (Å²) in [4.78, 5) is 20.3. The van der Waals surface area contributed by atoms with Crippen molar-refractivity contribution in [2.75, 3.05) is 0 Å². The van der Waals surface area contributed by atoms with Gasteiger partial charge in [0.25, 0.3) is 0 Å².